The van der Waals surface area contributed by atoms with Gasteiger partial charge < -0.3 is 10.6 Å². The van der Waals surface area contributed by atoms with Gasteiger partial charge in [-0.05, 0) is 65.4 Å². The third-order valence-electron chi connectivity index (χ3n) is 5.20. The van der Waals surface area contributed by atoms with Crippen molar-refractivity contribution in [3.8, 4) is 11.1 Å². The lowest BCUT2D eigenvalue weighted by molar-refractivity contribution is 0.644. The lowest BCUT2D eigenvalue weighted by atomic mass is 9.96. The van der Waals surface area contributed by atoms with Crippen LogP contribution < -0.4 is 10.6 Å². The predicted octanol–water partition coefficient (Wildman–Crippen LogP) is 4.33. The molecule has 2 nitrogen and oxygen atoms in total. The van der Waals surface area contributed by atoms with Crippen molar-refractivity contribution in [3.63, 3.8) is 0 Å². The molecule has 0 amide bonds. The highest BCUT2D eigenvalue weighted by Crippen LogP contribution is 2.23. The van der Waals surface area contributed by atoms with Crippen LogP contribution in [-0.2, 0) is 25.9 Å². The van der Waals surface area contributed by atoms with E-state index in [9.17, 15) is 0 Å². The monoisotopic (exact) mass is 342 g/mol. The van der Waals surface area contributed by atoms with Gasteiger partial charge in [-0.25, -0.2) is 0 Å². The van der Waals surface area contributed by atoms with Gasteiger partial charge in [0.05, 0.1) is 0 Å². The van der Waals surface area contributed by atoms with Gasteiger partial charge in [-0.15, -0.1) is 0 Å². The molecule has 0 bridgehead atoms. The number of hydrogen-bond donors (Lipinski definition) is 2. The molecule has 26 heavy (non-hydrogen) atoms. The minimum atomic E-state index is 1.01. The van der Waals surface area contributed by atoms with Crippen molar-refractivity contribution in [1.29, 1.82) is 0 Å². The van der Waals surface area contributed by atoms with Crippen molar-refractivity contribution in [3.05, 3.63) is 95.1 Å². The van der Waals surface area contributed by atoms with Crippen molar-refractivity contribution >= 4 is 0 Å². The summed E-state index contributed by atoms with van der Waals surface area (Å²) in [6, 6.07) is 26.0. The Labute approximate surface area is 156 Å². The number of rotatable bonds is 1. The Morgan fingerprint density at radius 2 is 1.12 bits per heavy atom. The largest absolute Gasteiger partial charge is 0.312 e. The van der Waals surface area contributed by atoms with E-state index < -0.39 is 0 Å². The van der Waals surface area contributed by atoms with Gasteiger partial charge >= 0.3 is 0 Å². The highest BCUT2D eigenvalue weighted by atomic mass is 14.9. The molecule has 2 heteroatoms. The molecule has 0 unspecified atom stereocenters. The lowest BCUT2D eigenvalue weighted by Crippen LogP contribution is -2.23. The fourth-order valence-corrected chi connectivity index (χ4v) is 3.71. The van der Waals surface area contributed by atoms with Gasteiger partial charge in [0.2, 0.25) is 0 Å². The fourth-order valence-electron chi connectivity index (χ4n) is 3.71. The smallest absolute Gasteiger partial charge is 0.0208 e. The van der Waals surface area contributed by atoms with Gasteiger partial charge in [0, 0.05) is 13.1 Å². The summed E-state index contributed by atoms with van der Waals surface area (Å²) in [6.45, 7) is 4.31. The van der Waals surface area contributed by atoms with Crippen LogP contribution in [0.1, 0.15) is 22.3 Å². The normalized spacial score (nSPS) is 15.2. The van der Waals surface area contributed by atoms with Crippen LogP contribution >= 0.6 is 0 Å². The van der Waals surface area contributed by atoms with Crippen molar-refractivity contribution in [1.82, 2.24) is 10.6 Å². The molecule has 2 heterocycles. The molecule has 0 spiro atoms. The highest BCUT2D eigenvalue weighted by Gasteiger charge is 2.09. The molecule has 0 fully saturated rings. The van der Waals surface area contributed by atoms with Crippen LogP contribution in [0.15, 0.2) is 72.8 Å². The third kappa shape index (κ3) is 4.04. The molecule has 0 saturated carbocycles. The van der Waals surface area contributed by atoms with E-state index in [2.05, 4.69) is 83.4 Å². The lowest BCUT2D eigenvalue weighted by Gasteiger charge is -2.17. The Kier molecular flexibility index (Phi) is 5.44. The first-order valence-electron chi connectivity index (χ1n) is 9.55. The Morgan fingerprint density at radius 3 is 1.85 bits per heavy atom. The Balaban J connectivity index is 0.000000144. The first-order valence-corrected chi connectivity index (χ1v) is 9.55. The van der Waals surface area contributed by atoms with Crippen LogP contribution in [0.25, 0.3) is 11.1 Å². The minimum absolute atomic E-state index is 1.01. The zero-order valence-corrected chi connectivity index (χ0v) is 15.2. The summed E-state index contributed by atoms with van der Waals surface area (Å²) in [7, 11) is 0. The molecule has 2 aliphatic rings. The van der Waals surface area contributed by atoms with Crippen LogP contribution in [0.3, 0.4) is 0 Å². The van der Waals surface area contributed by atoms with E-state index in [4.69, 9.17) is 0 Å². The summed E-state index contributed by atoms with van der Waals surface area (Å²) < 4.78 is 0. The van der Waals surface area contributed by atoms with E-state index in [1.807, 2.05) is 0 Å². The Bertz CT molecular complexity index is 830. The van der Waals surface area contributed by atoms with Crippen molar-refractivity contribution in [2.24, 2.45) is 0 Å². The van der Waals surface area contributed by atoms with Crippen LogP contribution in [0, 0.1) is 0 Å². The van der Waals surface area contributed by atoms with Gasteiger partial charge in [0.15, 0.2) is 0 Å². The number of nitrogens with one attached hydrogen (secondary N) is 2. The molecule has 5 rings (SSSR count). The first-order chi connectivity index (χ1) is 12.9. The molecule has 3 aromatic rings. The molecule has 0 aliphatic carbocycles. The predicted molar refractivity (Wildman–Crippen MR) is 109 cm³/mol. The van der Waals surface area contributed by atoms with E-state index >= 15 is 0 Å². The second kappa shape index (κ2) is 8.31. The molecule has 0 saturated heterocycles. The summed E-state index contributed by atoms with van der Waals surface area (Å²) in [5, 5.41) is 6.76. The summed E-state index contributed by atoms with van der Waals surface area (Å²) in [4.78, 5) is 0. The molecule has 132 valence electrons. The van der Waals surface area contributed by atoms with E-state index in [-0.39, 0.29) is 0 Å². The molecular weight excluding hydrogens is 316 g/mol. The molecule has 2 N–H and O–H groups in total. The highest BCUT2D eigenvalue weighted by molar-refractivity contribution is 5.65. The zero-order chi connectivity index (χ0) is 17.6. The van der Waals surface area contributed by atoms with Gasteiger partial charge in [-0.2, -0.15) is 0 Å². The molecule has 3 aromatic carbocycles. The van der Waals surface area contributed by atoms with Gasteiger partial charge in [-0.1, -0.05) is 66.7 Å². The fraction of sp³-hybridized carbons (Fsp3) is 0.250. The van der Waals surface area contributed by atoms with Crippen LogP contribution in [0.5, 0.6) is 0 Å². The average molecular weight is 342 g/mol. The SMILES string of the molecule is c1ccc(-c2ccc3c(c2)CNCC3)cc1.c1ccc2c(c1)CCNC2. The second-order valence-corrected chi connectivity index (χ2v) is 6.97. The van der Waals surface area contributed by atoms with E-state index in [0.717, 1.165) is 32.6 Å². The van der Waals surface area contributed by atoms with Gasteiger partial charge in [-0.3, -0.25) is 0 Å². The molecule has 2 aliphatic heterocycles. The Hall–Kier alpha value is -2.42. The average Bonchev–Trinajstić information content (AvgIpc) is 2.74. The summed E-state index contributed by atoms with van der Waals surface area (Å²) in [5.74, 6) is 0. The van der Waals surface area contributed by atoms with Crippen LogP contribution in [-0.4, -0.2) is 13.1 Å². The minimum Gasteiger partial charge on any atom is -0.312 e. The molecule has 0 radical (unpaired) electrons. The maximum Gasteiger partial charge on any atom is 0.0208 e. The second-order valence-electron chi connectivity index (χ2n) is 6.97. The first kappa shape index (κ1) is 17.0. The standard InChI is InChI=1S/C15H15N.C9H11N/c1-2-4-12(5-3-1)14-7-6-13-8-9-16-11-15(13)10-14;1-2-4-9-7-10-6-5-8(9)3-1/h1-7,10,16H,8-9,11H2;1-4,10H,5-7H2. The molecule has 0 atom stereocenters. The summed E-state index contributed by atoms with van der Waals surface area (Å²) >= 11 is 0. The molecule has 0 aromatic heterocycles. The van der Waals surface area contributed by atoms with E-state index in [0.29, 0.717) is 0 Å². The Morgan fingerprint density at radius 1 is 0.500 bits per heavy atom. The van der Waals surface area contributed by atoms with Crippen molar-refractivity contribution < 1.29 is 0 Å². The van der Waals surface area contributed by atoms with Gasteiger partial charge in [0.1, 0.15) is 0 Å². The van der Waals surface area contributed by atoms with Crippen LogP contribution in [0.2, 0.25) is 0 Å². The zero-order valence-electron chi connectivity index (χ0n) is 15.2. The summed E-state index contributed by atoms with van der Waals surface area (Å²) in [5.41, 5.74) is 8.56. The van der Waals surface area contributed by atoms with Gasteiger partial charge in [0.25, 0.3) is 0 Å². The maximum atomic E-state index is 3.42. The molecular formula is C24H26N2. The van der Waals surface area contributed by atoms with E-state index in [1.54, 1.807) is 0 Å². The number of hydrogen-bond acceptors (Lipinski definition) is 2. The maximum absolute atomic E-state index is 3.42. The number of benzene rings is 3. The van der Waals surface area contributed by atoms with E-state index in [1.165, 1.54) is 39.8 Å². The topological polar surface area (TPSA) is 24.1 Å². The third-order valence-corrected chi connectivity index (χ3v) is 5.20. The van der Waals surface area contributed by atoms with Crippen molar-refractivity contribution in [2.75, 3.05) is 13.1 Å². The number of fused-ring (bicyclic) bond motifs is 2. The van der Waals surface area contributed by atoms with Crippen molar-refractivity contribution in [2.45, 2.75) is 25.9 Å². The van der Waals surface area contributed by atoms with Crippen LogP contribution in [0.4, 0.5) is 0 Å². The summed E-state index contributed by atoms with van der Waals surface area (Å²) in [6.07, 6.45) is 2.35. The quantitative estimate of drug-likeness (QED) is 0.688.